The van der Waals surface area contributed by atoms with Gasteiger partial charge < -0.3 is 4.74 Å². The quantitative estimate of drug-likeness (QED) is 0.486. The van der Waals surface area contributed by atoms with Gasteiger partial charge in [-0.3, -0.25) is 0 Å². The minimum Gasteiger partial charge on any atom is -0.349 e. The number of benzene rings is 3. The lowest BCUT2D eigenvalue weighted by Gasteiger charge is -2.47. The van der Waals surface area contributed by atoms with Gasteiger partial charge in [-0.15, -0.1) is 0 Å². The van der Waals surface area contributed by atoms with Crippen LogP contribution in [0.5, 0.6) is 0 Å². The van der Waals surface area contributed by atoms with Gasteiger partial charge in [-0.1, -0.05) is 97.1 Å². The molecule has 3 aromatic carbocycles. The Kier molecular flexibility index (Phi) is 2.67. The van der Waals surface area contributed by atoms with E-state index < -0.39 is 0 Å². The van der Waals surface area contributed by atoms with Gasteiger partial charge >= 0.3 is 0 Å². The van der Waals surface area contributed by atoms with Gasteiger partial charge in [-0.05, 0) is 52.8 Å². The zero-order valence-electron chi connectivity index (χ0n) is 16.9. The molecule has 9 rings (SSSR count). The van der Waals surface area contributed by atoms with Crippen LogP contribution < -0.4 is 0 Å². The third-order valence-corrected chi connectivity index (χ3v) is 9.24. The van der Waals surface area contributed by atoms with E-state index in [2.05, 4.69) is 97.1 Å². The average Bonchev–Trinajstić information content (AvgIpc) is 3.42. The Labute approximate surface area is 177 Å². The van der Waals surface area contributed by atoms with Crippen molar-refractivity contribution in [3.8, 4) is 0 Å². The highest BCUT2D eigenvalue weighted by Crippen LogP contribution is 2.92. The van der Waals surface area contributed by atoms with Crippen molar-refractivity contribution in [2.45, 2.75) is 24.0 Å². The van der Waals surface area contributed by atoms with Crippen LogP contribution in [0.4, 0.5) is 0 Å². The van der Waals surface area contributed by atoms with E-state index in [1.807, 2.05) is 0 Å². The average molecular weight is 389 g/mol. The van der Waals surface area contributed by atoms with Crippen molar-refractivity contribution in [1.29, 1.82) is 0 Å². The number of ether oxygens (including phenoxy) is 1. The molecule has 2 unspecified atom stereocenters. The van der Waals surface area contributed by atoms with Crippen molar-refractivity contribution in [2.75, 3.05) is 0 Å². The van der Waals surface area contributed by atoms with Crippen molar-refractivity contribution in [1.82, 2.24) is 0 Å². The van der Waals surface area contributed by atoms with Crippen molar-refractivity contribution in [3.05, 3.63) is 119 Å². The molecule has 4 bridgehead atoms. The molecule has 6 aliphatic rings. The summed E-state index contributed by atoms with van der Waals surface area (Å²) in [6.07, 6.45) is 7.75. The van der Waals surface area contributed by atoms with Gasteiger partial charge in [-0.2, -0.15) is 0 Å². The summed E-state index contributed by atoms with van der Waals surface area (Å²) in [4.78, 5) is 0. The first-order chi connectivity index (χ1) is 14.8. The Bertz CT molecular complexity index is 1210. The lowest BCUT2D eigenvalue weighted by atomic mass is 9.57. The topological polar surface area (TPSA) is 9.23 Å². The van der Waals surface area contributed by atoms with E-state index in [0.29, 0.717) is 23.7 Å². The fraction of sp³-hybridized carbons (Fsp3) is 0.310. The summed E-state index contributed by atoms with van der Waals surface area (Å²) >= 11 is 0. The van der Waals surface area contributed by atoms with E-state index in [1.54, 1.807) is 0 Å². The molecule has 3 fully saturated rings. The second kappa shape index (κ2) is 4.98. The molecule has 146 valence electrons. The number of hydrogen-bond donors (Lipinski definition) is 0. The van der Waals surface area contributed by atoms with Crippen molar-refractivity contribution >= 4 is 0 Å². The molecule has 1 nitrogen and oxygen atoms in total. The van der Waals surface area contributed by atoms with Crippen LogP contribution in [0.2, 0.25) is 0 Å². The maximum Gasteiger partial charge on any atom is 0.127 e. The molecule has 2 heterocycles. The normalized spacial score (nSPS) is 43.2. The Balaban J connectivity index is 1.52. The maximum absolute atomic E-state index is 7.53. The van der Waals surface area contributed by atoms with Crippen LogP contribution in [-0.2, 0) is 15.9 Å². The number of fused-ring (bicyclic) bond motifs is 7. The highest BCUT2D eigenvalue weighted by molar-refractivity contribution is 5.65. The molecule has 0 amide bonds. The Hall–Kier alpha value is -2.64. The van der Waals surface area contributed by atoms with E-state index in [0.717, 1.165) is 0 Å². The standard InChI is InChI=1S/C29H24O/c1-3-9-21(10-4-1)28-23-13-7-8-14-24(23)29(30-28,22-11-5-2-6-12-22)27-20-17-15-19(16-18-20)25(27)26(27)28/h1-15,17,19-20,25-26H,16,18H2/t19?,20?,25-,26-,27+,28+,29-/m1/s1. The molecule has 2 aliphatic heterocycles. The van der Waals surface area contributed by atoms with Crippen LogP contribution in [0.1, 0.15) is 35.1 Å². The van der Waals surface area contributed by atoms with Crippen LogP contribution in [0.15, 0.2) is 97.1 Å². The van der Waals surface area contributed by atoms with Gasteiger partial charge in [0.25, 0.3) is 0 Å². The second-order valence-electron chi connectivity index (χ2n) is 9.97. The molecule has 2 saturated carbocycles. The highest BCUT2D eigenvalue weighted by Gasteiger charge is 2.93. The van der Waals surface area contributed by atoms with Crippen LogP contribution in [0.25, 0.3) is 0 Å². The molecule has 3 aromatic rings. The summed E-state index contributed by atoms with van der Waals surface area (Å²) in [5, 5.41) is 0. The minimum atomic E-state index is -0.343. The zero-order valence-corrected chi connectivity index (χ0v) is 16.9. The Morgan fingerprint density at radius 1 is 0.667 bits per heavy atom. The summed E-state index contributed by atoms with van der Waals surface area (Å²) in [5.74, 6) is 2.57. The SMILES string of the molecule is C1=CC2CCC1[C@@H]1[C@H]3[C@@]4(c5ccccc5)O[C@](c5ccccc5)(c5ccccc54)[C@@]213. The first kappa shape index (κ1) is 16.1. The molecule has 1 saturated heterocycles. The van der Waals surface area contributed by atoms with E-state index in [1.165, 1.54) is 35.1 Å². The number of allylic oxidation sites excluding steroid dienone is 2. The Morgan fingerprint density at radius 3 is 2.03 bits per heavy atom. The molecule has 30 heavy (non-hydrogen) atoms. The molecule has 0 radical (unpaired) electrons. The second-order valence-corrected chi connectivity index (χ2v) is 9.97. The third-order valence-electron chi connectivity index (χ3n) is 9.24. The summed E-state index contributed by atoms with van der Waals surface area (Å²) in [7, 11) is 0. The fourth-order valence-electron chi connectivity index (χ4n) is 8.59. The first-order valence-electron chi connectivity index (χ1n) is 11.4. The van der Waals surface area contributed by atoms with E-state index in [9.17, 15) is 0 Å². The molecule has 1 heteroatoms. The third kappa shape index (κ3) is 1.41. The van der Waals surface area contributed by atoms with Crippen LogP contribution >= 0.6 is 0 Å². The van der Waals surface area contributed by atoms with Gasteiger partial charge in [0.15, 0.2) is 0 Å². The summed E-state index contributed by atoms with van der Waals surface area (Å²) in [6.45, 7) is 0. The fourth-order valence-corrected chi connectivity index (χ4v) is 8.59. The Morgan fingerprint density at radius 2 is 1.33 bits per heavy atom. The molecular formula is C29H24O. The summed E-state index contributed by atoms with van der Waals surface area (Å²) in [6, 6.07) is 31.4. The lowest BCUT2D eigenvalue weighted by Crippen LogP contribution is -2.46. The smallest absolute Gasteiger partial charge is 0.127 e. The molecule has 7 atom stereocenters. The molecule has 4 aliphatic carbocycles. The predicted molar refractivity (Wildman–Crippen MR) is 117 cm³/mol. The van der Waals surface area contributed by atoms with Gasteiger partial charge in [0.05, 0.1) is 0 Å². The maximum atomic E-state index is 7.53. The van der Waals surface area contributed by atoms with Crippen LogP contribution in [0, 0.1) is 29.1 Å². The highest BCUT2D eigenvalue weighted by atomic mass is 16.5. The van der Waals surface area contributed by atoms with Gasteiger partial charge in [0, 0.05) is 11.3 Å². The summed E-state index contributed by atoms with van der Waals surface area (Å²) in [5.41, 5.74) is 5.03. The van der Waals surface area contributed by atoms with Crippen LogP contribution in [0.3, 0.4) is 0 Å². The summed E-state index contributed by atoms with van der Waals surface area (Å²) < 4.78 is 7.53. The largest absolute Gasteiger partial charge is 0.349 e. The predicted octanol–water partition coefficient (Wildman–Crippen LogP) is 6.05. The molecule has 0 N–H and O–H groups in total. The van der Waals surface area contributed by atoms with E-state index in [-0.39, 0.29) is 16.6 Å². The van der Waals surface area contributed by atoms with Gasteiger partial charge in [-0.25, -0.2) is 0 Å². The number of rotatable bonds is 2. The number of hydrogen-bond acceptors (Lipinski definition) is 1. The van der Waals surface area contributed by atoms with E-state index in [4.69, 9.17) is 4.74 Å². The lowest BCUT2D eigenvalue weighted by molar-refractivity contribution is -0.116. The zero-order chi connectivity index (χ0) is 19.6. The van der Waals surface area contributed by atoms with Gasteiger partial charge in [0.1, 0.15) is 11.2 Å². The van der Waals surface area contributed by atoms with Crippen LogP contribution in [-0.4, -0.2) is 0 Å². The van der Waals surface area contributed by atoms with Crippen molar-refractivity contribution in [3.63, 3.8) is 0 Å². The van der Waals surface area contributed by atoms with Crippen molar-refractivity contribution < 1.29 is 4.74 Å². The monoisotopic (exact) mass is 388 g/mol. The van der Waals surface area contributed by atoms with E-state index >= 15 is 0 Å². The molecule has 1 spiro atoms. The molecule has 0 aromatic heterocycles. The minimum absolute atomic E-state index is 0.191. The first-order valence-corrected chi connectivity index (χ1v) is 11.4. The molecular weight excluding hydrogens is 364 g/mol. The van der Waals surface area contributed by atoms with Crippen molar-refractivity contribution in [2.24, 2.45) is 29.1 Å². The van der Waals surface area contributed by atoms with Gasteiger partial charge in [0.2, 0.25) is 0 Å².